The molecule has 1 atom stereocenters. The highest BCUT2D eigenvalue weighted by atomic mass is 19.2. The summed E-state index contributed by atoms with van der Waals surface area (Å²) >= 11 is 0. The second kappa shape index (κ2) is 5.59. The van der Waals surface area contributed by atoms with E-state index in [0.29, 0.717) is 16.8 Å². The standard InChI is InChI=1S/C19H15F3N4/c1-9-14-10(5-4-6-11(14)20)16(24-19(9,2)3)18-23-13-8-7-12(21)15(22)17(13)25-26-18/h4-9H,1-3H3. The highest BCUT2D eigenvalue weighted by Crippen LogP contribution is 2.39. The first kappa shape index (κ1) is 16.6. The predicted octanol–water partition coefficient (Wildman–Crippen LogP) is 4.18. The zero-order chi connectivity index (χ0) is 18.6. The molecule has 4 nitrogen and oxygen atoms in total. The largest absolute Gasteiger partial charge is 0.274 e. The Balaban J connectivity index is 1.97. The van der Waals surface area contributed by atoms with Gasteiger partial charge in [-0.1, -0.05) is 19.1 Å². The zero-order valence-electron chi connectivity index (χ0n) is 14.4. The average molecular weight is 356 g/mol. The topological polar surface area (TPSA) is 51.0 Å². The van der Waals surface area contributed by atoms with Gasteiger partial charge in [0.25, 0.3) is 0 Å². The fraction of sp³-hybridized carbons (Fsp3) is 0.263. The lowest BCUT2D eigenvalue weighted by Gasteiger charge is -2.35. The normalized spacial score (nSPS) is 18.5. The fourth-order valence-corrected chi connectivity index (χ4v) is 3.20. The minimum Gasteiger partial charge on any atom is -0.274 e. The van der Waals surface area contributed by atoms with E-state index < -0.39 is 17.2 Å². The highest BCUT2D eigenvalue weighted by molar-refractivity contribution is 6.13. The van der Waals surface area contributed by atoms with Gasteiger partial charge in [0, 0.05) is 17.0 Å². The molecule has 1 aliphatic heterocycles. The molecule has 7 heteroatoms. The Kier molecular flexibility index (Phi) is 3.57. The fourth-order valence-electron chi connectivity index (χ4n) is 3.20. The molecule has 2 aromatic carbocycles. The summed E-state index contributed by atoms with van der Waals surface area (Å²) < 4.78 is 41.7. The molecule has 1 aromatic heterocycles. The Morgan fingerprint density at radius 2 is 1.73 bits per heavy atom. The first-order valence-electron chi connectivity index (χ1n) is 8.17. The first-order valence-corrected chi connectivity index (χ1v) is 8.17. The van der Waals surface area contributed by atoms with Crippen LogP contribution in [0.4, 0.5) is 13.2 Å². The third-order valence-corrected chi connectivity index (χ3v) is 4.93. The van der Waals surface area contributed by atoms with Gasteiger partial charge >= 0.3 is 0 Å². The summed E-state index contributed by atoms with van der Waals surface area (Å²) in [5.41, 5.74) is 0.832. The lowest BCUT2D eigenvalue weighted by atomic mass is 9.77. The van der Waals surface area contributed by atoms with Crippen LogP contribution in [0, 0.1) is 17.5 Å². The molecule has 0 saturated heterocycles. The molecule has 4 rings (SSSR count). The maximum absolute atomic E-state index is 14.5. The molecular weight excluding hydrogens is 341 g/mol. The van der Waals surface area contributed by atoms with Crippen LogP contribution in [0.2, 0.25) is 0 Å². The molecule has 2 heterocycles. The van der Waals surface area contributed by atoms with Crippen LogP contribution in [0.15, 0.2) is 35.3 Å². The SMILES string of the molecule is CC1c2c(F)cccc2C(c2nnc3c(F)c(F)ccc3n2)=NC1(C)C. The molecule has 1 aliphatic rings. The maximum Gasteiger partial charge on any atom is 0.201 e. The molecule has 0 N–H and O–H groups in total. The van der Waals surface area contributed by atoms with Gasteiger partial charge in [-0.05, 0) is 32.0 Å². The van der Waals surface area contributed by atoms with Gasteiger partial charge in [0.05, 0.1) is 11.1 Å². The summed E-state index contributed by atoms with van der Waals surface area (Å²) in [6.45, 7) is 5.72. The smallest absolute Gasteiger partial charge is 0.201 e. The lowest BCUT2D eigenvalue weighted by molar-refractivity contribution is 0.417. The van der Waals surface area contributed by atoms with Crippen LogP contribution in [-0.2, 0) is 0 Å². The number of rotatable bonds is 1. The molecule has 0 spiro atoms. The number of halogens is 3. The van der Waals surface area contributed by atoms with E-state index in [1.165, 1.54) is 12.1 Å². The molecule has 3 aromatic rings. The number of hydrogen-bond donors (Lipinski definition) is 0. The molecular formula is C19H15F3N4. The van der Waals surface area contributed by atoms with Crippen LogP contribution < -0.4 is 0 Å². The van der Waals surface area contributed by atoms with Gasteiger partial charge in [0.2, 0.25) is 5.82 Å². The monoisotopic (exact) mass is 356 g/mol. The molecule has 132 valence electrons. The van der Waals surface area contributed by atoms with E-state index in [1.807, 2.05) is 20.8 Å². The predicted molar refractivity (Wildman–Crippen MR) is 91.8 cm³/mol. The van der Waals surface area contributed by atoms with E-state index in [0.717, 1.165) is 6.07 Å². The van der Waals surface area contributed by atoms with E-state index in [2.05, 4.69) is 15.2 Å². The van der Waals surface area contributed by atoms with Crippen molar-refractivity contribution in [2.75, 3.05) is 0 Å². The van der Waals surface area contributed by atoms with Crippen molar-refractivity contribution < 1.29 is 13.2 Å². The molecule has 0 saturated carbocycles. The van der Waals surface area contributed by atoms with Crippen molar-refractivity contribution in [1.82, 2.24) is 15.2 Å². The van der Waals surface area contributed by atoms with Crippen molar-refractivity contribution in [3.8, 4) is 0 Å². The van der Waals surface area contributed by atoms with Gasteiger partial charge in [-0.25, -0.2) is 18.2 Å². The number of fused-ring (bicyclic) bond motifs is 2. The second-order valence-electron chi connectivity index (χ2n) is 6.90. The van der Waals surface area contributed by atoms with Crippen molar-refractivity contribution in [3.05, 3.63) is 64.7 Å². The third-order valence-electron chi connectivity index (χ3n) is 4.93. The van der Waals surface area contributed by atoms with Gasteiger partial charge in [-0.15, -0.1) is 10.2 Å². The average Bonchev–Trinajstić information content (AvgIpc) is 2.61. The number of aromatic nitrogens is 3. The molecule has 0 amide bonds. The van der Waals surface area contributed by atoms with Crippen LogP contribution in [0.3, 0.4) is 0 Å². The van der Waals surface area contributed by atoms with E-state index in [1.54, 1.807) is 12.1 Å². The van der Waals surface area contributed by atoms with Crippen LogP contribution in [0.1, 0.15) is 43.6 Å². The summed E-state index contributed by atoms with van der Waals surface area (Å²) in [4.78, 5) is 9.00. The van der Waals surface area contributed by atoms with Gasteiger partial charge in [0.1, 0.15) is 11.5 Å². The van der Waals surface area contributed by atoms with Crippen LogP contribution in [0.5, 0.6) is 0 Å². The summed E-state index contributed by atoms with van der Waals surface area (Å²) in [6, 6.07) is 7.07. The minimum absolute atomic E-state index is 0.148. The number of hydrogen-bond acceptors (Lipinski definition) is 4. The minimum atomic E-state index is -1.10. The molecule has 1 unspecified atom stereocenters. The van der Waals surface area contributed by atoms with Gasteiger partial charge < -0.3 is 0 Å². The van der Waals surface area contributed by atoms with Crippen molar-refractivity contribution in [2.45, 2.75) is 32.2 Å². The Hall–Kier alpha value is -2.83. The quantitative estimate of drug-likeness (QED) is 0.657. The Labute approximate surface area is 147 Å². The molecule has 26 heavy (non-hydrogen) atoms. The summed E-state index contributed by atoms with van der Waals surface area (Å²) in [6.07, 6.45) is 0. The Morgan fingerprint density at radius 1 is 0.962 bits per heavy atom. The number of nitrogens with zero attached hydrogens (tertiary/aromatic N) is 4. The van der Waals surface area contributed by atoms with Crippen molar-refractivity contribution in [3.63, 3.8) is 0 Å². The first-order chi connectivity index (χ1) is 12.3. The maximum atomic E-state index is 14.5. The van der Waals surface area contributed by atoms with Gasteiger partial charge in [-0.2, -0.15) is 0 Å². The lowest BCUT2D eigenvalue weighted by Crippen LogP contribution is -2.34. The second-order valence-corrected chi connectivity index (χ2v) is 6.90. The van der Waals surface area contributed by atoms with E-state index in [-0.39, 0.29) is 28.6 Å². The summed E-state index contributed by atoms with van der Waals surface area (Å²) in [5, 5.41) is 7.71. The summed E-state index contributed by atoms with van der Waals surface area (Å²) in [7, 11) is 0. The van der Waals surface area contributed by atoms with Crippen LogP contribution >= 0.6 is 0 Å². The summed E-state index contributed by atoms with van der Waals surface area (Å²) in [5.74, 6) is -2.44. The van der Waals surface area contributed by atoms with Crippen molar-refractivity contribution >= 4 is 16.7 Å². The molecule has 0 bridgehead atoms. The Morgan fingerprint density at radius 3 is 2.50 bits per heavy atom. The van der Waals surface area contributed by atoms with Gasteiger partial charge in [-0.3, -0.25) is 4.99 Å². The van der Waals surface area contributed by atoms with E-state index in [4.69, 9.17) is 4.99 Å². The van der Waals surface area contributed by atoms with Crippen LogP contribution in [0.25, 0.3) is 11.0 Å². The van der Waals surface area contributed by atoms with E-state index in [9.17, 15) is 13.2 Å². The van der Waals surface area contributed by atoms with Crippen molar-refractivity contribution in [1.29, 1.82) is 0 Å². The Bertz CT molecular complexity index is 1080. The third kappa shape index (κ3) is 2.38. The van der Waals surface area contributed by atoms with Gasteiger partial charge in [0.15, 0.2) is 17.2 Å². The number of benzene rings is 2. The van der Waals surface area contributed by atoms with Crippen LogP contribution in [-0.4, -0.2) is 26.4 Å². The van der Waals surface area contributed by atoms with E-state index >= 15 is 0 Å². The molecule has 0 radical (unpaired) electrons. The molecule has 0 aliphatic carbocycles. The number of aliphatic imine (C=N–C) groups is 1. The zero-order valence-corrected chi connectivity index (χ0v) is 14.4. The highest BCUT2D eigenvalue weighted by Gasteiger charge is 2.37. The van der Waals surface area contributed by atoms with Crippen molar-refractivity contribution in [2.24, 2.45) is 4.99 Å². The molecule has 0 fully saturated rings.